The number of hydrogen-bond acceptors (Lipinski definition) is 4. The number of likely N-dealkylation sites (N-methyl/N-ethyl adjacent to an activating group) is 1. The van der Waals surface area contributed by atoms with Crippen molar-refractivity contribution in [2.24, 2.45) is 5.92 Å². The second-order valence-electron chi connectivity index (χ2n) is 6.24. The number of quaternary nitrogens is 1. The standard InChI is InChI=1S/C14H25NO5/c1-11(6-5-7-16)8-14(19)20-12(9-13(17)18)10-15(2,3)4/h7,11-12H,5-6,8-10H2,1-4H3/p+1. The lowest BCUT2D eigenvalue weighted by Gasteiger charge is -2.28. The number of carboxylic acid groups (broad SMARTS) is 1. The molecule has 20 heavy (non-hydrogen) atoms. The van der Waals surface area contributed by atoms with Gasteiger partial charge in [0.15, 0.2) is 6.10 Å². The summed E-state index contributed by atoms with van der Waals surface area (Å²) in [6.07, 6.45) is 1.28. The molecule has 6 nitrogen and oxygen atoms in total. The van der Waals surface area contributed by atoms with Crippen LogP contribution >= 0.6 is 0 Å². The SMILES string of the molecule is CC(CCC=O)CC(=O)OC(CC(=O)O)C[N+](C)(C)C. The number of carbonyl (C=O) groups is 3. The Kier molecular flexibility index (Phi) is 8.06. The highest BCUT2D eigenvalue weighted by molar-refractivity contribution is 5.71. The number of nitrogens with zero attached hydrogens (tertiary/aromatic N) is 1. The third-order valence-corrected chi connectivity index (χ3v) is 2.74. The summed E-state index contributed by atoms with van der Waals surface area (Å²) in [5.74, 6) is -1.32. The zero-order valence-electron chi connectivity index (χ0n) is 12.8. The van der Waals surface area contributed by atoms with E-state index in [0.717, 1.165) is 6.29 Å². The van der Waals surface area contributed by atoms with Crippen LogP contribution in [0, 0.1) is 5.92 Å². The topological polar surface area (TPSA) is 80.7 Å². The average Bonchev–Trinajstić information content (AvgIpc) is 2.22. The van der Waals surface area contributed by atoms with Crippen molar-refractivity contribution in [3.63, 3.8) is 0 Å². The minimum absolute atomic E-state index is 0.0577. The van der Waals surface area contributed by atoms with Gasteiger partial charge in [-0.1, -0.05) is 6.92 Å². The van der Waals surface area contributed by atoms with E-state index >= 15 is 0 Å². The van der Waals surface area contributed by atoms with Crippen LogP contribution in [0.2, 0.25) is 0 Å². The van der Waals surface area contributed by atoms with Gasteiger partial charge < -0.3 is 19.1 Å². The Balaban J connectivity index is 4.37. The van der Waals surface area contributed by atoms with E-state index in [0.29, 0.717) is 23.9 Å². The number of carbonyl (C=O) groups excluding carboxylic acids is 2. The monoisotopic (exact) mass is 288 g/mol. The van der Waals surface area contributed by atoms with E-state index in [-0.39, 0.29) is 18.8 Å². The predicted molar refractivity (Wildman–Crippen MR) is 74.1 cm³/mol. The predicted octanol–water partition coefficient (Wildman–Crippen LogP) is 1.08. The summed E-state index contributed by atoms with van der Waals surface area (Å²) < 4.78 is 5.78. The highest BCUT2D eigenvalue weighted by atomic mass is 16.5. The number of esters is 1. The molecule has 116 valence electrons. The van der Waals surface area contributed by atoms with Gasteiger partial charge in [-0.2, -0.15) is 0 Å². The molecular weight excluding hydrogens is 262 g/mol. The van der Waals surface area contributed by atoms with Crippen LogP contribution in [0.4, 0.5) is 0 Å². The molecule has 0 saturated carbocycles. The van der Waals surface area contributed by atoms with Crippen LogP contribution in [0.1, 0.15) is 32.6 Å². The lowest BCUT2D eigenvalue weighted by atomic mass is 10.0. The fourth-order valence-electron chi connectivity index (χ4n) is 1.92. The lowest BCUT2D eigenvalue weighted by Crippen LogP contribution is -2.43. The molecule has 0 aromatic heterocycles. The van der Waals surface area contributed by atoms with Crippen molar-refractivity contribution < 1.29 is 28.7 Å². The zero-order valence-corrected chi connectivity index (χ0v) is 12.8. The van der Waals surface area contributed by atoms with Crippen molar-refractivity contribution in [1.82, 2.24) is 0 Å². The maximum Gasteiger partial charge on any atom is 0.307 e. The van der Waals surface area contributed by atoms with Gasteiger partial charge in [0.2, 0.25) is 0 Å². The molecule has 0 aliphatic carbocycles. The maximum atomic E-state index is 11.8. The fraction of sp³-hybridized carbons (Fsp3) is 0.786. The summed E-state index contributed by atoms with van der Waals surface area (Å²) in [5, 5.41) is 8.85. The van der Waals surface area contributed by atoms with Crippen molar-refractivity contribution in [2.45, 2.75) is 38.7 Å². The van der Waals surface area contributed by atoms with Gasteiger partial charge in [-0.15, -0.1) is 0 Å². The summed E-state index contributed by atoms with van der Waals surface area (Å²) in [6.45, 7) is 2.32. The van der Waals surface area contributed by atoms with Crippen LogP contribution < -0.4 is 0 Å². The Morgan fingerprint density at radius 2 is 1.85 bits per heavy atom. The molecule has 0 fully saturated rings. The van der Waals surface area contributed by atoms with Gasteiger partial charge in [0, 0.05) is 12.8 Å². The largest absolute Gasteiger partial charge is 0.481 e. The summed E-state index contributed by atoms with van der Waals surface area (Å²) in [6, 6.07) is 0. The van der Waals surface area contributed by atoms with Crippen LogP contribution in [-0.2, 0) is 19.1 Å². The summed E-state index contributed by atoms with van der Waals surface area (Å²) in [7, 11) is 5.74. The van der Waals surface area contributed by atoms with Crippen LogP contribution in [-0.4, -0.2) is 61.6 Å². The van der Waals surface area contributed by atoms with Crippen molar-refractivity contribution >= 4 is 18.2 Å². The minimum Gasteiger partial charge on any atom is -0.481 e. The van der Waals surface area contributed by atoms with Gasteiger partial charge in [-0.3, -0.25) is 9.59 Å². The van der Waals surface area contributed by atoms with E-state index in [9.17, 15) is 14.4 Å². The molecule has 0 aliphatic heterocycles. The minimum atomic E-state index is -0.981. The quantitative estimate of drug-likeness (QED) is 0.370. The molecule has 1 N–H and O–H groups in total. The first-order chi connectivity index (χ1) is 9.14. The second kappa shape index (κ2) is 8.68. The third-order valence-electron chi connectivity index (χ3n) is 2.74. The van der Waals surface area contributed by atoms with Gasteiger partial charge in [0.05, 0.1) is 27.6 Å². The summed E-state index contributed by atoms with van der Waals surface area (Å²) in [4.78, 5) is 32.9. The van der Waals surface area contributed by atoms with Crippen molar-refractivity contribution in [2.75, 3.05) is 27.7 Å². The first-order valence-electron chi connectivity index (χ1n) is 6.79. The van der Waals surface area contributed by atoms with Gasteiger partial charge >= 0.3 is 11.9 Å². The molecule has 2 unspecified atom stereocenters. The molecule has 6 heteroatoms. The molecule has 0 spiro atoms. The molecule has 2 atom stereocenters. The smallest absolute Gasteiger partial charge is 0.307 e. The van der Waals surface area contributed by atoms with Crippen LogP contribution in [0.3, 0.4) is 0 Å². The number of aliphatic carboxylic acids is 1. The van der Waals surface area contributed by atoms with E-state index in [1.165, 1.54) is 0 Å². The van der Waals surface area contributed by atoms with E-state index < -0.39 is 18.0 Å². The van der Waals surface area contributed by atoms with Gasteiger partial charge in [0.1, 0.15) is 12.8 Å². The summed E-state index contributed by atoms with van der Waals surface area (Å²) in [5.41, 5.74) is 0. The van der Waals surface area contributed by atoms with Gasteiger partial charge in [0.25, 0.3) is 0 Å². The molecule has 0 aliphatic rings. The Hall–Kier alpha value is -1.43. The Labute approximate surface area is 120 Å². The van der Waals surface area contributed by atoms with Crippen molar-refractivity contribution in [1.29, 1.82) is 0 Å². The molecule has 0 aromatic rings. The lowest BCUT2D eigenvalue weighted by molar-refractivity contribution is -0.873. The molecule has 0 bridgehead atoms. The average molecular weight is 288 g/mol. The third kappa shape index (κ3) is 10.5. The molecule has 0 rings (SSSR count). The number of aldehydes is 1. The van der Waals surface area contributed by atoms with Crippen LogP contribution in [0.5, 0.6) is 0 Å². The fourth-order valence-corrected chi connectivity index (χ4v) is 1.92. The highest BCUT2D eigenvalue weighted by Crippen LogP contribution is 2.13. The summed E-state index contributed by atoms with van der Waals surface area (Å²) >= 11 is 0. The molecule has 0 saturated heterocycles. The number of carboxylic acids is 1. The normalized spacial score (nSPS) is 14.4. The van der Waals surface area contributed by atoms with E-state index in [1.807, 2.05) is 28.1 Å². The number of ether oxygens (including phenoxy) is 1. The molecule has 0 amide bonds. The molecule has 0 heterocycles. The highest BCUT2D eigenvalue weighted by Gasteiger charge is 2.25. The Morgan fingerprint density at radius 3 is 2.30 bits per heavy atom. The van der Waals surface area contributed by atoms with E-state index in [2.05, 4.69) is 0 Å². The molecule has 0 aromatic carbocycles. The van der Waals surface area contributed by atoms with Crippen LogP contribution in [0.15, 0.2) is 0 Å². The second-order valence-corrected chi connectivity index (χ2v) is 6.24. The molecular formula is C14H26NO5+. The zero-order chi connectivity index (χ0) is 15.8. The Morgan fingerprint density at radius 1 is 1.25 bits per heavy atom. The number of hydrogen-bond donors (Lipinski definition) is 1. The van der Waals surface area contributed by atoms with Crippen LogP contribution in [0.25, 0.3) is 0 Å². The number of rotatable bonds is 10. The Bertz CT molecular complexity index is 335. The van der Waals surface area contributed by atoms with Crippen molar-refractivity contribution in [3.05, 3.63) is 0 Å². The molecule has 0 radical (unpaired) electrons. The maximum absolute atomic E-state index is 11.8. The van der Waals surface area contributed by atoms with E-state index in [4.69, 9.17) is 9.84 Å². The first kappa shape index (κ1) is 18.6. The van der Waals surface area contributed by atoms with Gasteiger partial charge in [-0.05, 0) is 12.3 Å². The van der Waals surface area contributed by atoms with E-state index in [1.54, 1.807) is 0 Å². The first-order valence-corrected chi connectivity index (χ1v) is 6.79. The van der Waals surface area contributed by atoms with Crippen molar-refractivity contribution in [3.8, 4) is 0 Å². The van der Waals surface area contributed by atoms with Gasteiger partial charge in [-0.25, -0.2) is 0 Å².